The number of aromatic nitrogens is 3. The van der Waals surface area contributed by atoms with E-state index in [1.807, 2.05) is 18.3 Å². The molecule has 1 N–H and O–H groups in total. The number of anilines is 1. The van der Waals surface area contributed by atoms with Crippen LogP contribution in [0.2, 0.25) is 0 Å². The van der Waals surface area contributed by atoms with E-state index in [0.29, 0.717) is 12.1 Å². The minimum absolute atomic E-state index is 0.317. The van der Waals surface area contributed by atoms with Crippen molar-refractivity contribution in [2.24, 2.45) is 0 Å². The fraction of sp³-hybridized carbons (Fsp3) is 0.467. The molecule has 2 aliphatic rings. The summed E-state index contributed by atoms with van der Waals surface area (Å²) in [5.74, 6) is 1.09. The SMILES string of the molecule is c1cncc(-c2cc3n(n2)C(C2CCCO2)CCN3)c1. The van der Waals surface area contributed by atoms with Crippen LogP contribution >= 0.6 is 0 Å². The zero-order valence-electron chi connectivity index (χ0n) is 11.3. The zero-order chi connectivity index (χ0) is 13.4. The van der Waals surface area contributed by atoms with Crippen LogP contribution in [0, 0.1) is 0 Å². The van der Waals surface area contributed by atoms with E-state index >= 15 is 0 Å². The summed E-state index contributed by atoms with van der Waals surface area (Å²) in [6.45, 7) is 1.88. The summed E-state index contributed by atoms with van der Waals surface area (Å²) < 4.78 is 7.98. The van der Waals surface area contributed by atoms with Gasteiger partial charge < -0.3 is 10.1 Å². The summed E-state index contributed by atoms with van der Waals surface area (Å²) in [5, 5.41) is 8.21. The molecule has 0 aromatic carbocycles. The van der Waals surface area contributed by atoms with Crippen molar-refractivity contribution >= 4 is 5.82 Å². The summed E-state index contributed by atoms with van der Waals surface area (Å²) >= 11 is 0. The maximum absolute atomic E-state index is 5.86. The maximum atomic E-state index is 5.86. The second kappa shape index (κ2) is 4.90. The number of hydrogen-bond donors (Lipinski definition) is 1. The van der Waals surface area contributed by atoms with E-state index in [1.54, 1.807) is 6.20 Å². The summed E-state index contributed by atoms with van der Waals surface area (Å²) in [7, 11) is 0. The summed E-state index contributed by atoms with van der Waals surface area (Å²) in [4.78, 5) is 4.17. The largest absolute Gasteiger partial charge is 0.376 e. The van der Waals surface area contributed by atoms with E-state index in [-0.39, 0.29) is 0 Å². The molecular weight excluding hydrogens is 252 g/mol. The van der Waals surface area contributed by atoms with Gasteiger partial charge in [-0.3, -0.25) is 4.98 Å². The molecule has 4 heterocycles. The molecule has 5 nitrogen and oxygen atoms in total. The van der Waals surface area contributed by atoms with Crippen LogP contribution in [0.25, 0.3) is 11.3 Å². The van der Waals surface area contributed by atoms with Crippen molar-refractivity contribution in [1.82, 2.24) is 14.8 Å². The Bertz CT molecular complexity index is 589. The third kappa shape index (κ3) is 1.98. The number of pyridine rings is 1. The first-order valence-electron chi connectivity index (χ1n) is 7.27. The van der Waals surface area contributed by atoms with E-state index < -0.39 is 0 Å². The third-order valence-electron chi connectivity index (χ3n) is 4.15. The Morgan fingerprint density at radius 2 is 2.35 bits per heavy atom. The highest BCUT2D eigenvalue weighted by atomic mass is 16.5. The van der Waals surface area contributed by atoms with Crippen LogP contribution in [0.15, 0.2) is 30.6 Å². The van der Waals surface area contributed by atoms with Gasteiger partial charge in [-0.15, -0.1) is 0 Å². The first kappa shape index (κ1) is 11.9. The molecule has 5 heteroatoms. The predicted octanol–water partition coefficient (Wildman–Crippen LogP) is 2.48. The smallest absolute Gasteiger partial charge is 0.125 e. The highest BCUT2D eigenvalue weighted by Gasteiger charge is 2.32. The molecule has 0 bridgehead atoms. The first-order chi connectivity index (χ1) is 9.92. The third-order valence-corrected chi connectivity index (χ3v) is 4.15. The standard InChI is InChI=1S/C15H18N4O/c1-3-11(10-16-6-1)12-9-15-17-7-5-13(19(15)18-12)14-4-2-8-20-14/h1,3,6,9-10,13-14,17H,2,4-5,7-8H2. The summed E-state index contributed by atoms with van der Waals surface area (Å²) in [6, 6.07) is 6.46. The molecule has 2 atom stereocenters. The molecule has 0 saturated carbocycles. The van der Waals surface area contributed by atoms with Gasteiger partial charge in [0.25, 0.3) is 0 Å². The Balaban J connectivity index is 1.70. The van der Waals surface area contributed by atoms with E-state index in [1.165, 1.54) is 6.42 Å². The normalized spacial score (nSPS) is 25.2. The van der Waals surface area contributed by atoms with Crippen LogP contribution in [0.5, 0.6) is 0 Å². The van der Waals surface area contributed by atoms with Gasteiger partial charge in [0.05, 0.1) is 17.8 Å². The van der Waals surface area contributed by atoms with Crippen LogP contribution in [-0.4, -0.2) is 34.0 Å². The predicted molar refractivity (Wildman–Crippen MR) is 76.6 cm³/mol. The lowest BCUT2D eigenvalue weighted by atomic mass is 10.0. The minimum Gasteiger partial charge on any atom is -0.376 e. The van der Waals surface area contributed by atoms with Gasteiger partial charge in [0, 0.05) is 37.2 Å². The number of hydrogen-bond acceptors (Lipinski definition) is 4. The molecule has 1 fully saturated rings. The van der Waals surface area contributed by atoms with Crippen molar-refractivity contribution in [3.8, 4) is 11.3 Å². The van der Waals surface area contributed by atoms with Crippen LogP contribution in [0.1, 0.15) is 25.3 Å². The second-order valence-electron chi connectivity index (χ2n) is 5.44. The lowest BCUT2D eigenvalue weighted by Gasteiger charge is -2.29. The zero-order valence-corrected chi connectivity index (χ0v) is 11.3. The van der Waals surface area contributed by atoms with Crippen LogP contribution in [0.4, 0.5) is 5.82 Å². The average molecular weight is 270 g/mol. The van der Waals surface area contributed by atoms with Crippen molar-refractivity contribution in [1.29, 1.82) is 0 Å². The molecule has 1 saturated heterocycles. The quantitative estimate of drug-likeness (QED) is 0.911. The van der Waals surface area contributed by atoms with E-state index in [4.69, 9.17) is 9.84 Å². The summed E-state index contributed by atoms with van der Waals surface area (Å²) in [5.41, 5.74) is 2.03. The van der Waals surface area contributed by atoms with Crippen LogP contribution < -0.4 is 5.32 Å². The van der Waals surface area contributed by atoms with Gasteiger partial charge in [0.15, 0.2) is 0 Å². The van der Waals surface area contributed by atoms with Crippen LogP contribution in [-0.2, 0) is 4.74 Å². The van der Waals surface area contributed by atoms with Crippen molar-refractivity contribution in [2.75, 3.05) is 18.5 Å². The fourth-order valence-electron chi connectivity index (χ4n) is 3.15. The molecule has 2 unspecified atom stereocenters. The van der Waals surface area contributed by atoms with E-state index in [0.717, 1.165) is 43.1 Å². The van der Waals surface area contributed by atoms with Gasteiger partial charge in [0.2, 0.25) is 0 Å². The molecule has 4 rings (SSSR count). The Morgan fingerprint density at radius 3 is 3.15 bits per heavy atom. The monoisotopic (exact) mass is 270 g/mol. The molecule has 2 aliphatic heterocycles. The number of nitrogens with one attached hydrogen (secondary N) is 1. The van der Waals surface area contributed by atoms with Gasteiger partial charge in [-0.2, -0.15) is 5.10 Å². The molecule has 0 spiro atoms. The molecule has 0 radical (unpaired) electrons. The number of nitrogens with zero attached hydrogens (tertiary/aromatic N) is 3. The topological polar surface area (TPSA) is 52.0 Å². The molecule has 2 aromatic heterocycles. The summed E-state index contributed by atoms with van der Waals surface area (Å²) in [6.07, 6.45) is 7.35. The highest BCUT2D eigenvalue weighted by molar-refractivity contribution is 5.62. The molecule has 0 aliphatic carbocycles. The Labute approximate surface area is 118 Å². The molecule has 2 aromatic rings. The van der Waals surface area contributed by atoms with Crippen molar-refractivity contribution in [3.05, 3.63) is 30.6 Å². The number of ether oxygens (including phenoxy) is 1. The van der Waals surface area contributed by atoms with Gasteiger partial charge in [-0.1, -0.05) is 0 Å². The van der Waals surface area contributed by atoms with Crippen molar-refractivity contribution < 1.29 is 4.74 Å². The maximum Gasteiger partial charge on any atom is 0.125 e. The average Bonchev–Trinajstić information content (AvgIpc) is 3.17. The lowest BCUT2D eigenvalue weighted by Crippen LogP contribution is -2.31. The molecule has 104 valence electrons. The Kier molecular flexibility index (Phi) is 2.92. The Morgan fingerprint density at radius 1 is 1.35 bits per heavy atom. The number of rotatable bonds is 2. The van der Waals surface area contributed by atoms with E-state index in [9.17, 15) is 0 Å². The fourth-order valence-corrected chi connectivity index (χ4v) is 3.15. The van der Waals surface area contributed by atoms with Gasteiger partial charge in [-0.25, -0.2) is 4.68 Å². The lowest BCUT2D eigenvalue weighted by molar-refractivity contribution is 0.0593. The van der Waals surface area contributed by atoms with Gasteiger partial charge in [0.1, 0.15) is 5.82 Å². The van der Waals surface area contributed by atoms with Crippen LogP contribution in [0.3, 0.4) is 0 Å². The second-order valence-corrected chi connectivity index (χ2v) is 5.44. The molecular formula is C15H18N4O. The number of fused-ring (bicyclic) bond motifs is 1. The first-order valence-corrected chi connectivity index (χ1v) is 7.27. The Hall–Kier alpha value is -1.88. The minimum atomic E-state index is 0.317. The molecule has 20 heavy (non-hydrogen) atoms. The van der Waals surface area contributed by atoms with Gasteiger partial charge in [-0.05, 0) is 31.4 Å². The molecule has 0 amide bonds. The van der Waals surface area contributed by atoms with E-state index in [2.05, 4.69) is 21.0 Å². The van der Waals surface area contributed by atoms with Gasteiger partial charge >= 0.3 is 0 Å². The van der Waals surface area contributed by atoms with Crippen molar-refractivity contribution in [3.63, 3.8) is 0 Å². The highest BCUT2D eigenvalue weighted by Crippen LogP contribution is 2.34. The van der Waals surface area contributed by atoms with Crippen molar-refractivity contribution in [2.45, 2.75) is 31.4 Å².